The Morgan fingerprint density at radius 1 is 0.477 bits per heavy atom. The molecule has 446 valence electrons. The number of carbonyl (C=O) groups excluding carboxylic acids is 2. The van der Waals surface area contributed by atoms with Crippen LogP contribution in [-0.4, -0.2) is 91.8 Å². The van der Waals surface area contributed by atoms with Gasteiger partial charge in [-0.05, 0) is 161 Å². The van der Waals surface area contributed by atoms with Crippen molar-refractivity contribution in [3.8, 4) is 56.0 Å². The Balaban J connectivity index is 1.37. The second-order valence-corrected chi connectivity index (χ2v) is 22.2. The monoisotopic (exact) mass is 1180 g/mol. The molecule has 0 unspecified atom stereocenters. The summed E-state index contributed by atoms with van der Waals surface area (Å²) in [6.45, 7) is 9.78. The lowest BCUT2D eigenvalue weighted by Gasteiger charge is -2.22. The number of fused-ring (bicyclic) bond motifs is 8. The minimum absolute atomic E-state index is 0.240. The average molecular weight is 1190 g/mol. The Kier molecular flexibility index (Phi) is 16.7. The van der Waals surface area contributed by atoms with Crippen molar-refractivity contribution in [2.45, 2.75) is 90.0 Å². The van der Waals surface area contributed by atoms with E-state index in [1.807, 2.05) is 0 Å². The van der Waals surface area contributed by atoms with Gasteiger partial charge in [0.15, 0.2) is 0 Å². The maximum Gasteiger partial charge on any atom is 0.416 e. The largest absolute Gasteiger partial charge is 0.496 e. The van der Waals surface area contributed by atoms with E-state index < -0.39 is 70.9 Å². The predicted octanol–water partition coefficient (Wildman–Crippen LogP) is 14.4. The summed E-state index contributed by atoms with van der Waals surface area (Å²) in [6, 6.07) is 22.7. The highest BCUT2D eigenvalue weighted by Crippen LogP contribution is 2.43. The molecule has 2 atom stereocenters. The van der Waals surface area contributed by atoms with Gasteiger partial charge in [0.25, 0.3) is 0 Å². The molecule has 0 spiro atoms. The first-order chi connectivity index (χ1) is 40.5. The van der Waals surface area contributed by atoms with E-state index in [0.717, 1.165) is 24.3 Å². The highest BCUT2D eigenvalue weighted by molar-refractivity contribution is 6.01. The van der Waals surface area contributed by atoms with E-state index in [0.29, 0.717) is 77.7 Å². The first kappa shape index (κ1) is 60.7. The van der Waals surface area contributed by atoms with Gasteiger partial charge in [0.1, 0.15) is 34.8 Å². The van der Waals surface area contributed by atoms with Gasteiger partial charge in [-0.15, -0.1) is 0 Å². The lowest BCUT2D eigenvalue weighted by Crippen LogP contribution is -2.44. The van der Waals surface area contributed by atoms with Crippen molar-refractivity contribution < 1.29 is 74.7 Å². The van der Waals surface area contributed by atoms with Crippen LogP contribution in [-0.2, 0) is 44.3 Å². The number of aromatic amines is 2. The van der Waals surface area contributed by atoms with E-state index in [1.165, 1.54) is 38.5 Å². The topological polar surface area (TPSA) is 227 Å². The molecule has 0 fully saturated rings. The summed E-state index contributed by atoms with van der Waals surface area (Å²) in [5.74, 6) is -2.15. The Hall–Kier alpha value is -9.86. The highest BCUT2D eigenvalue weighted by Gasteiger charge is 2.33. The number of amides is 2. The molecule has 0 saturated carbocycles. The number of rotatable bonds is 14. The molecular formula is C64H58F6N6O10. The van der Waals surface area contributed by atoms with Crippen molar-refractivity contribution in [3.05, 3.63) is 154 Å². The molecule has 5 heterocycles. The van der Waals surface area contributed by atoms with Crippen molar-refractivity contribution in [1.29, 1.82) is 0 Å². The molecule has 2 aliphatic heterocycles. The standard InChI is InChI=1S/C64H58F6N6O10/c1-61(2,3)85-59(81)75-49(57(77)78)31-33-9-27-51(83-7)39(29-33)55-45-23-19-41(71-45)53(35-11-15-37(16-12-35)63(65,66)67)43-21-25-47(73-43)56(40-30-34(10-28-52(40)84-8)32-50(58(79)80)76-60(82)86-62(4,5)6)48-26-22-44(74-48)54(42-20-24-46(55)72-42)36-13-17-38(18-14-36)64(68,69)70/h9-30,49-50,71,74H,31-32H2,1-8H3,(H,75,81)(H,76,82)(H,77,78)(H,79,80)/t49-,50-/m1/s1. The number of ether oxygens (including phenoxy) is 4. The summed E-state index contributed by atoms with van der Waals surface area (Å²) in [4.78, 5) is 68.4. The predicted molar refractivity (Wildman–Crippen MR) is 313 cm³/mol. The number of carboxylic acids is 2. The molecule has 86 heavy (non-hydrogen) atoms. The molecule has 2 aliphatic rings. The van der Waals surface area contributed by atoms with Gasteiger partial charge >= 0.3 is 36.5 Å². The van der Waals surface area contributed by atoms with Crippen LogP contribution in [0.1, 0.15) is 86.6 Å². The van der Waals surface area contributed by atoms with Gasteiger partial charge in [-0.2, -0.15) is 26.3 Å². The summed E-state index contributed by atoms with van der Waals surface area (Å²) in [5, 5.41) is 25.5. The maximum absolute atomic E-state index is 14.2. The first-order valence-electron chi connectivity index (χ1n) is 26.8. The van der Waals surface area contributed by atoms with Crippen molar-refractivity contribution in [1.82, 2.24) is 30.6 Å². The van der Waals surface area contributed by atoms with Gasteiger partial charge in [0.2, 0.25) is 0 Å². The first-order valence-corrected chi connectivity index (χ1v) is 26.8. The molecule has 3 aromatic heterocycles. The van der Waals surface area contributed by atoms with Gasteiger partial charge in [-0.25, -0.2) is 29.1 Å². The Morgan fingerprint density at radius 2 is 0.791 bits per heavy atom. The van der Waals surface area contributed by atoms with Crippen molar-refractivity contribution >= 4 is 70.5 Å². The molecule has 0 radical (unpaired) electrons. The van der Waals surface area contributed by atoms with Crippen LogP contribution in [0.25, 0.3) is 90.9 Å². The number of nitrogens with one attached hydrogen (secondary N) is 4. The third-order valence-electron chi connectivity index (χ3n) is 13.7. The van der Waals surface area contributed by atoms with Gasteiger partial charge in [0, 0.05) is 68.3 Å². The summed E-state index contributed by atoms with van der Waals surface area (Å²) in [5.41, 5.74) is 2.32. The Morgan fingerprint density at radius 3 is 1.08 bits per heavy atom. The van der Waals surface area contributed by atoms with Crippen LogP contribution in [0.4, 0.5) is 35.9 Å². The number of H-pyrrole nitrogens is 2. The van der Waals surface area contributed by atoms with Gasteiger partial charge in [-0.3, -0.25) is 0 Å². The summed E-state index contributed by atoms with van der Waals surface area (Å²) in [7, 11) is 2.84. The van der Waals surface area contributed by atoms with Crippen LogP contribution < -0.4 is 20.1 Å². The van der Waals surface area contributed by atoms with E-state index >= 15 is 0 Å². The molecule has 6 N–H and O–H groups in total. The van der Waals surface area contributed by atoms with Crippen molar-refractivity contribution in [3.63, 3.8) is 0 Å². The van der Waals surface area contributed by atoms with E-state index in [1.54, 1.807) is 127 Å². The summed E-state index contributed by atoms with van der Waals surface area (Å²) >= 11 is 0. The zero-order chi connectivity index (χ0) is 62.2. The number of alkyl halides is 6. The number of hydrogen-bond acceptors (Lipinski definition) is 10. The number of hydrogen-bond donors (Lipinski definition) is 6. The van der Waals surface area contributed by atoms with E-state index in [-0.39, 0.29) is 47.1 Å². The molecule has 4 aromatic carbocycles. The Labute approximate surface area is 488 Å². The van der Waals surface area contributed by atoms with Crippen LogP contribution in [0.15, 0.2) is 109 Å². The van der Waals surface area contributed by atoms with E-state index in [4.69, 9.17) is 28.9 Å². The minimum Gasteiger partial charge on any atom is -0.496 e. The summed E-state index contributed by atoms with van der Waals surface area (Å²) in [6.07, 6.45) is -5.08. The molecule has 2 amide bonds. The third kappa shape index (κ3) is 13.7. The smallest absolute Gasteiger partial charge is 0.416 e. The number of methoxy groups -OCH3 is 2. The van der Waals surface area contributed by atoms with E-state index in [2.05, 4.69) is 20.6 Å². The molecule has 7 aromatic rings. The molecule has 22 heteroatoms. The summed E-state index contributed by atoms with van der Waals surface area (Å²) < 4.78 is 108. The van der Waals surface area contributed by atoms with Gasteiger partial charge in [-0.1, -0.05) is 36.4 Å². The lowest BCUT2D eigenvalue weighted by molar-refractivity contribution is -0.140. The lowest BCUT2D eigenvalue weighted by atomic mass is 9.97. The number of nitrogens with zero attached hydrogens (tertiary/aromatic N) is 2. The zero-order valence-corrected chi connectivity index (χ0v) is 47.6. The fourth-order valence-corrected chi connectivity index (χ4v) is 9.96. The third-order valence-corrected chi connectivity index (χ3v) is 13.7. The molecule has 16 nitrogen and oxygen atoms in total. The number of carbonyl (C=O) groups is 4. The van der Waals surface area contributed by atoms with Crippen molar-refractivity contribution in [2.75, 3.05) is 14.2 Å². The number of aromatic nitrogens is 4. The molecule has 9 rings (SSSR count). The fraction of sp³-hybridized carbons (Fsp3) is 0.250. The molecule has 8 bridgehead atoms. The SMILES string of the molecule is COc1ccc(C[C@@H](NC(=O)OC(C)(C)C)C(=O)O)cc1-c1c2nc(c(-c3ccc(C(F)(F)F)cc3)c3ccc([nH]3)c(-c3cc(C[C@@H](NC(=O)OC(C)(C)C)C(=O)O)ccc3OC)c3nc(c(-c4ccc(C(F)(F)F)cc4)c4ccc1[nH]4)C=C3)C=C2. The van der Waals surface area contributed by atoms with Crippen LogP contribution in [0, 0.1) is 0 Å². The second kappa shape index (κ2) is 23.7. The molecule has 0 aliphatic carbocycles. The van der Waals surface area contributed by atoms with Crippen LogP contribution in [0.5, 0.6) is 11.5 Å². The number of alkyl carbamates (subject to hydrolysis) is 2. The van der Waals surface area contributed by atoms with Crippen molar-refractivity contribution in [2.24, 2.45) is 0 Å². The zero-order valence-electron chi connectivity index (χ0n) is 47.6. The fourth-order valence-electron chi connectivity index (χ4n) is 9.96. The number of benzene rings is 4. The highest BCUT2D eigenvalue weighted by atomic mass is 19.4. The van der Waals surface area contributed by atoms with Crippen LogP contribution in [0.2, 0.25) is 0 Å². The second-order valence-electron chi connectivity index (χ2n) is 22.2. The number of halogens is 6. The number of aliphatic carboxylic acids is 2. The molecular weight excluding hydrogens is 1130 g/mol. The van der Waals surface area contributed by atoms with Crippen LogP contribution >= 0.6 is 0 Å². The quantitative estimate of drug-likeness (QED) is 0.0559. The maximum atomic E-state index is 14.2. The average Bonchev–Trinajstić information content (AvgIpc) is 1.64. The van der Waals surface area contributed by atoms with Gasteiger partial charge < -0.3 is 49.8 Å². The van der Waals surface area contributed by atoms with Crippen LogP contribution in [0.3, 0.4) is 0 Å². The minimum atomic E-state index is -4.68. The van der Waals surface area contributed by atoms with E-state index in [9.17, 15) is 55.7 Å². The Bertz CT molecular complexity index is 3780. The molecule has 0 saturated heterocycles. The number of carboxylic acid groups (broad SMARTS) is 2. The van der Waals surface area contributed by atoms with Gasteiger partial charge in [0.05, 0.1) is 48.1 Å². The normalized spacial score (nSPS) is 13.2.